The van der Waals surface area contributed by atoms with E-state index in [2.05, 4.69) is 0 Å². The van der Waals surface area contributed by atoms with Crippen molar-refractivity contribution in [2.24, 2.45) is 0 Å². The number of hydrogen-bond donors (Lipinski definition) is 0. The van der Waals surface area contributed by atoms with Crippen molar-refractivity contribution in [1.82, 2.24) is 0 Å². The summed E-state index contributed by atoms with van der Waals surface area (Å²) in [6.07, 6.45) is 0. The van der Waals surface area contributed by atoms with Gasteiger partial charge in [0.25, 0.3) is 0 Å². The van der Waals surface area contributed by atoms with Gasteiger partial charge < -0.3 is 4.42 Å². The Morgan fingerprint density at radius 2 is 0.918 bits per heavy atom. The van der Waals surface area contributed by atoms with Crippen LogP contribution in [0.1, 0.15) is 38.4 Å². The van der Waals surface area contributed by atoms with Crippen LogP contribution in [0, 0.1) is 0 Å². The van der Waals surface area contributed by atoms with Gasteiger partial charge in [0.05, 0.1) is 38.4 Å². The summed E-state index contributed by atoms with van der Waals surface area (Å²) in [6.45, 7) is 0. The van der Waals surface area contributed by atoms with Crippen LogP contribution in [0.5, 0.6) is 0 Å². The van der Waals surface area contributed by atoms with E-state index in [0.717, 1.165) is 0 Å². The van der Waals surface area contributed by atoms with Crippen molar-refractivity contribution >= 4 is 75.8 Å². The molecule has 0 atom stereocenters. The zero-order valence-electron chi connectivity index (χ0n) is 52.4. The Morgan fingerprint density at radius 1 is 0.347 bits per heavy atom. The predicted octanol–water partition coefficient (Wildman–Crippen LogP) is 13.8. The first-order valence-electron chi connectivity index (χ1n) is 28.7. The first-order chi connectivity index (χ1) is 36.0. The number of para-hydroxylation sites is 1. The summed E-state index contributed by atoms with van der Waals surface area (Å²) >= 11 is 0. The molecule has 0 aliphatic rings. The summed E-state index contributed by atoms with van der Waals surface area (Å²) in [5.41, 5.74) is -5.54. The Labute approximate surface area is 321 Å². The maximum Gasteiger partial charge on any atom is 0.143 e. The summed E-state index contributed by atoms with van der Waals surface area (Å²) in [6, 6.07) is -24.8. The topological polar surface area (TPSA) is 13.1 Å². The monoisotopic (exact) mass is 648 g/mol. The van der Waals surface area contributed by atoms with E-state index in [-0.39, 0.29) is 10.8 Å². The van der Waals surface area contributed by atoms with Gasteiger partial charge in [-0.1, -0.05) is 157 Å². The van der Waals surface area contributed by atoms with Gasteiger partial charge in [-0.05, 0) is 93.8 Å². The van der Waals surface area contributed by atoms with Gasteiger partial charge in [0.2, 0.25) is 0 Å². The Morgan fingerprint density at radius 3 is 1.65 bits per heavy atom. The van der Waals surface area contributed by atoms with E-state index in [4.69, 9.17) is 27.7 Å². The SMILES string of the molecule is [2H]c1c([2H])c([2H])c(-c2c([2H])c([2H])c([2H])c3c2oc2c([2H])c(-c4c5c([2H])c([2H])c([2H])c([2H])c5c(-c5c([2H])c([2H])c6c([2H])c([2H])c7c([2H])c([2H])c([2H])c8c([2H])c([2H])c5c6c78)c5c([2H])c([2H])c([2H])c([2H])c45)c([2H])c([2H])c23)c([2H])c1[2H]. The summed E-state index contributed by atoms with van der Waals surface area (Å²) < 4.78 is 260. The molecule has 1 nitrogen and oxygen atoms in total. The molecule has 49 heavy (non-hydrogen) atoms. The van der Waals surface area contributed by atoms with Crippen molar-refractivity contribution < 1.29 is 42.8 Å². The van der Waals surface area contributed by atoms with Crippen molar-refractivity contribution in [2.45, 2.75) is 0 Å². The summed E-state index contributed by atoms with van der Waals surface area (Å²) in [7, 11) is 0. The lowest BCUT2D eigenvalue weighted by molar-refractivity contribution is 0.670. The molecule has 1 heterocycles. The lowest BCUT2D eigenvalue weighted by atomic mass is 9.83. The minimum Gasteiger partial charge on any atom is -0.455 e. The van der Waals surface area contributed by atoms with Crippen LogP contribution in [0.4, 0.5) is 0 Å². The molecule has 226 valence electrons. The Bertz CT molecular complexity index is 4580. The van der Waals surface area contributed by atoms with Gasteiger partial charge in [0.1, 0.15) is 11.2 Å². The summed E-state index contributed by atoms with van der Waals surface area (Å²) in [5.74, 6) is 0. The lowest BCUT2D eigenvalue weighted by Crippen LogP contribution is -1.92. The third-order valence-electron chi connectivity index (χ3n) is 8.50. The predicted molar refractivity (Wildman–Crippen MR) is 209 cm³/mol. The first-order valence-corrected chi connectivity index (χ1v) is 14.7. The van der Waals surface area contributed by atoms with Crippen molar-refractivity contribution in [1.29, 1.82) is 0 Å². The standard InChI is InChI=1S/C48H28O/c1-2-10-29(11-3-1)34-18-9-19-42-35-25-24-33(28-43(35)49-48(34)42)45-36-14-4-6-16-38(36)47(39-17-7-5-15-37(39)45)41-27-23-32-21-20-30-12-8-13-31-22-26-40(41)46(32)44(30)31/h1-28H/i1D,2D,3D,4D,5D,6D,7D,8D,9D,10D,11D,12D,13D,14D,15D,16D,17D,18D,19D,20D,21D,22D,23D,24D,25D,26D,27D,28D. The second kappa shape index (κ2) is 10.0. The quantitative estimate of drug-likeness (QED) is 0.137. The van der Waals surface area contributed by atoms with Gasteiger partial charge in [0, 0.05) is 16.3 Å². The molecule has 0 radical (unpaired) electrons. The number of rotatable bonds is 3. The average Bonchev–Trinajstić information content (AvgIpc) is 3.83. The normalized spacial score (nSPS) is 20.1. The zero-order chi connectivity index (χ0) is 56.4. The molecular formula is C48H28O. The average molecular weight is 649 g/mol. The van der Waals surface area contributed by atoms with Crippen LogP contribution in [0.15, 0.2) is 174 Å². The summed E-state index contributed by atoms with van der Waals surface area (Å²) in [4.78, 5) is 0. The van der Waals surface area contributed by atoms with Crippen molar-refractivity contribution in [3.05, 3.63) is 169 Å². The molecule has 0 fully saturated rings. The molecule has 0 unspecified atom stereocenters. The molecule has 0 aliphatic heterocycles. The van der Waals surface area contributed by atoms with E-state index in [1.165, 1.54) is 0 Å². The second-order valence-electron chi connectivity index (χ2n) is 11.0. The van der Waals surface area contributed by atoms with Crippen LogP contribution in [-0.4, -0.2) is 0 Å². The molecule has 1 heteroatoms. The third-order valence-corrected chi connectivity index (χ3v) is 8.50. The van der Waals surface area contributed by atoms with Gasteiger partial charge in [-0.25, -0.2) is 0 Å². The number of benzene rings is 10. The molecule has 0 saturated heterocycles. The maximum absolute atomic E-state index is 9.85. The fourth-order valence-corrected chi connectivity index (χ4v) is 6.47. The molecule has 0 amide bonds. The molecule has 10 aromatic carbocycles. The van der Waals surface area contributed by atoms with Crippen molar-refractivity contribution in [2.75, 3.05) is 0 Å². The highest BCUT2D eigenvalue weighted by Crippen LogP contribution is 2.48. The molecule has 11 aromatic rings. The van der Waals surface area contributed by atoms with E-state index < -0.39 is 268 Å². The smallest absolute Gasteiger partial charge is 0.143 e. The van der Waals surface area contributed by atoms with E-state index in [1.54, 1.807) is 0 Å². The van der Waals surface area contributed by atoms with E-state index in [0.29, 0.717) is 0 Å². The fraction of sp³-hybridized carbons (Fsp3) is 0. The second-order valence-corrected chi connectivity index (χ2v) is 11.0. The van der Waals surface area contributed by atoms with Crippen LogP contribution >= 0.6 is 0 Å². The van der Waals surface area contributed by atoms with E-state index >= 15 is 0 Å². The van der Waals surface area contributed by atoms with E-state index in [9.17, 15) is 15.1 Å². The van der Waals surface area contributed by atoms with Crippen molar-refractivity contribution in [3.8, 4) is 33.4 Å². The van der Waals surface area contributed by atoms with Gasteiger partial charge >= 0.3 is 0 Å². The van der Waals surface area contributed by atoms with Crippen LogP contribution in [0.25, 0.3) is 109 Å². The fourth-order valence-electron chi connectivity index (χ4n) is 6.47. The van der Waals surface area contributed by atoms with Crippen LogP contribution in [0.3, 0.4) is 0 Å². The largest absolute Gasteiger partial charge is 0.455 e. The number of fused-ring (bicyclic) bond motifs is 5. The molecule has 0 bridgehead atoms. The van der Waals surface area contributed by atoms with Gasteiger partial charge in [-0.3, -0.25) is 0 Å². The molecule has 0 saturated carbocycles. The van der Waals surface area contributed by atoms with Crippen LogP contribution < -0.4 is 0 Å². The third kappa shape index (κ3) is 3.76. The van der Waals surface area contributed by atoms with Gasteiger partial charge in [-0.15, -0.1) is 0 Å². The van der Waals surface area contributed by atoms with E-state index in [1.807, 2.05) is 0 Å². The molecule has 0 spiro atoms. The van der Waals surface area contributed by atoms with Gasteiger partial charge in [0.15, 0.2) is 0 Å². The highest BCUT2D eigenvalue weighted by Gasteiger charge is 2.20. The lowest BCUT2D eigenvalue weighted by Gasteiger charge is -2.20. The summed E-state index contributed by atoms with van der Waals surface area (Å²) in [5, 5.41) is -6.54. The Hall–Kier alpha value is -6.44. The molecule has 11 rings (SSSR count). The van der Waals surface area contributed by atoms with Crippen LogP contribution in [0.2, 0.25) is 0 Å². The minimum atomic E-state index is -1.00. The van der Waals surface area contributed by atoms with Crippen LogP contribution in [-0.2, 0) is 0 Å². The Balaban J connectivity index is 1.43. The molecule has 1 aromatic heterocycles. The zero-order valence-corrected chi connectivity index (χ0v) is 24.4. The minimum absolute atomic E-state index is 0.313. The Kier molecular flexibility index (Phi) is 2.32. The number of furan rings is 1. The molecule has 0 aliphatic carbocycles. The van der Waals surface area contributed by atoms with Gasteiger partial charge in [-0.2, -0.15) is 0 Å². The first kappa shape index (κ1) is 11.3. The molecule has 0 N–H and O–H groups in total. The highest BCUT2D eigenvalue weighted by atomic mass is 16.3. The number of hydrogen-bond acceptors (Lipinski definition) is 1. The molecular weight excluding hydrogens is 593 g/mol. The van der Waals surface area contributed by atoms with Crippen molar-refractivity contribution in [3.63, 3.8) is 0 Å². The highest BCUT2D eigenvalue weighted by molar-refractivity contribution is 6.29. The maximum atomic E-state index is 9.85.